The van der Waals surface area contributed by atoms with Crippen LogP contribution in [0.25, 0.3) is 11.4 Å². The third-order valence-electron chi connectivity index (χ3n) is 4.54. The Morgan fingerprint density at radius 1 is 0.929 bits per heavy atom. The lowest BCUT2D eigenvalue weighted by molar-refractivity contribution is 0.560. The molecule has 0 aliphatic rings. The summed E-state index contributed by atoms with van der Waals surface area (Å²) in [4.78, 5) is 12.5. The maximum absolute atomic E-state index is 4.58. The number of rotatable bonds is 5. The lowest BCUT2D eigenvalue weighted by Crippen LogP contribution is -1.97. The van der Waals surface area contributed by atoms with Crippen LogP contribution >= 0.6 is 12.2 Å². The second-order valence-electron chi connectivity index (χ2n) is 6.71. The van der Waals surface area contributed by atoms with Crippen molar-refractivity contribution in [3.8, 4) is 23.2 Å². The van der Waals surface area contributed by atoms with Crippen molar-refractivity contribution in [2.24, 2.45) is 10.9 Å². The molecule has 1 heterocycles. The minimum absolute atomic E-state index is 0.594. The van der Waals surface area contributed by atoms with Gasteiger partial charge in [-0.1, -0.05) is 44.2 Å². The van der Waals surface area contributed by atoms with Gasteiger partial charge in [-0.25, -0.2) is 9.97 Å². The number of aliphatic imine (C=N–C) groups is 1. The van der Waals surface area contributed by atoms with Crippen LogP contribution in [0.2, 0.25) is 0 Å². The van der Waals surface area contributed by atoms with Gasteiger partial charge in [0.05, 0.1) is 17.6 Å². The molecule has 0 radical (unpaired) electrons. The highest BCUT2D eigenvalue weighted by Gasteiger charge is 2.02. The van der Waals surface area contributed by atoms with Crippen LogP contribution in [-0.2, 0) is 6.42 Å². The van der Waals surface area contributed by atoms with Crippen LogP contribution in [0.5, 0.6) is 0 Å². The second-order valence-corrected chi connectivity index (χ2v) is 6.89. The summed E-state index contributed by atoms with van der Waals surface area (Å²) in [7, 11) is 0. The van der Waals surface area contributed by atoms with Gasteiger partial charge >= 0.3 is 0 Å². The van der Waals surface area contributed by atoms with Gasteiger partial charge in [0.15, 0.2) is 5.82 Å². The summed E-state index contributed by atoms with van der Waals surface area (Å²) in [6.45, 7) is 4.51. The van der Waals surface area contributed by atoms with Gasteiger partial charge in [-0.05, 0) is 66.5 Å². The Morgan fingerprint density at radius 2 is 1.50 bits per heavy atom. The number of benzene rings is 2. The highest BCUT2D eigenvalue weighted by molar-refractivity contribution is 7.78. The molecule has 0 saturated carbocycles. The van der Waals surface area contributed by atoms with Crippen molar-refractivity contribution in [2.75, 3.05) is 0 Å². The first-order valence-electron chi connectivity index (χ1n) is 9.29. The van der Waals surface area contributed by atoms with E-state index in [1.807, 2.05) is 24.3 Å². The summed E-state index contributed by atoms with van der Waals surface area (Å²) in [6, 6.07) is 16.4. The van der Waals surface area contributed by atoms with E-state index in [0.717, 1.165) is 23.1 Å². The van der Waals surface area contributed by atoms with Gasteiger partial charge in [-0.2, -0.15) is 4.99 Å². The lowest BCUT2D eigenvalue weighted by Gasteiger charge is -2.07. The maximum atomic E-state index is 4.58. The predicted molar refractivity (Wildman–Crippen MR) is 118 cm³/mol. The summed E-state index contributed by atoms with van der Waals surface area (Å²) < 4.78 is 0. The first kappa shape index (κ1) is 19.6. The Kier molecular flexibility index (Phi) is 6.81. The van der Waals surface area contributed by atoms with E-state index < -0.39 is 0 Å². The fourth-order valence-electron chi connectivity index (χ4n) is 2.70. The number of aromatic nitrogens is 2. The molecule has 3 nitrogen and oxygen atoms in total. The van der Waals surface area contributed by atoms with Crippen molar-refractivity contribution in [3.63, 3.8) is 0 Å². The molecular weight excluding hydrogens is 362 g/mol. The molecule has 0 saturated heterocycles. The van der Waals surface area contributed by atoms with E-state index in [-0.39, 0.29) is 0 Å². The number of thiocarbonyl (C=S) groups is 1. The van der Waals surface area contributed by atoms with Crippen molar-refractivity contribution in [3.05, 3.63) is 77.6 Å². The topological polar surface area (TPSA) is 38.1 Å². The molecule has 1 aromatic heterocycles. The Morgan fingerprint density at radius 3 is 2.04 bits per heavy atom. The predicted octanol–water partition coefficient (Wildman–Crippen LogP) is 5.87. The van der Waals surface area contributed by atoms with Gasteiger partial charge in [0.2, 0.25) is 0 Å². The zero-order chi connectivity index (χ0) is 19.8. The maximum Gasteiger partial charge on any atom is 0.159 e. The van der Waals surface area contributed by atoms with Crippen LogP contribution in [0.15, 0.2) is 65.9 Å². The van der Waals surface area contributed by atoms with Crippen LogP contribution in [-0.4, -0.2) is 15.1 Å². The van der Waals surface area contributed by atoms with Gasteiger partial charge in [0.25, 0.3) is 0 Å². The molecule has 0 N–H and O–H groups in total. The molecule has 3 aromatic rings. The Balaban J connectivity index is 1.68. The van der Waals surface area contributed by atoms with Crippen LogP contribution in [0, 0.1) is 17.8 Å². The quantitative estimate of drug-likeness (QED) is 0.314. The molecule has 0 aliphatic heterocycles. The van der Waals surface area contributed by atoms with Gasteiger partial charge in [-0.15, -0.1) is 0 Å². The highest BCUT2D eigenvalue weighted by Crippen LogP contribution is 2.17. The largest absolute Gasteiger partial charge is 0.234 e. The fraction of sp³-hybridized carbons (Fsp3) is 0.208. The average Bonchev–Trinajstić information content (AvgIpc) is 2.74. The number of nitrogens with zero attached hydrogens (tertiary/aromatic N) is 3. The van der Waals surface area contributed by atoms with Crippen LogP contribution in [0.3, 0.4) is 0 Å². The molecular formula is C24H21N3S. The standard InChI is InChI=1S/C24H21N3S/c1-3-18(2)14-21-8-6-19(7-9-21)4-5-20-10-12-22(13-11-20)24-25-15-23(16-26-24)27-17-28/h6-13,15-16,18H,3,14H2,1-2H3. The minimum Gasteiger partial charge on any atom is -0.234 e. The van der Waals surface area contributed by atoms with Crippen molar-refractivity contribution in [2.45, 2.75) is 26.7 Å². The minimum atomic E-state index is 0.594. The molecule has 4 heteroatoms. The van der Waals surface area contributed by atoms with Gasteiger partial charge in [-0.3, -0.25) is 0 Å². The van der Waals surface area contributed by atoms with Gasteiger partial charge in [0, 0.05) is 16.7 Å². The summed E-state index contributed by atoms with van der Waals surface area (Å²) in [5, 5.41) is 2.31. The Labute approximate surface area is 171 Å². The second kappa shape index (κ2) is 9.71. The Hall–Kier alpha value is -3.12. The van der Waals surface area contributed by atoms with E-state index in [9.17, 15) is 0 Å². The number of hydrogen-bond donors (Lipinski definition) is 0. The van der Waals surface area contributed by atoms with Crippen LogP contribution < -0.4 is 0 Å². The van der Waals surface area contributed by atoms with E-state index in [4.69, 9.17) is 0 Å². The molecule has 0 aliphatic carbocycles. The SMILES string of the molecule is CCC(C)Cc1ccc(C#Cc2ccc(-c3ncc(N=C=S)cn3)cc2)cc1. The molecule has 0 bridgehead atoms. The zero-order valence-corrected chi connectivity index (χ0v) is 16.8. The third-order valence-corrected chi connectivity index (χ3v) is 4.63. The summed E-state index contributed by atoms with van der Waals surface area (Å²) in [6.07, 6.45) is 5.57. The van der Waals surface area contributed by atoms with E-state index in [1.165, 1.54) is 12.0 Å². The molecule has 3 rings (SSSR count). The first-order valence-corrected chi connectivity index (χ1v) is 9.70. The van der Waals surface area contributed by atoms with Crippen molar-refractivity contribution >= 4 is 23.1 Å². The monoisotopic (exact) mass is 383 g/mol. The van der Waals surface area contributed by atoms with E-state index in [1.54, 1.807) is 12.4 Å². The van der Waals surface area contributed by atoms with Crippen LogP contribution in [0.1, 0.15) is 37.0 Å². The van der Waals surface area contributed by atoms with E-state index in [0.29, 0.717) is 17.4 Å². The summed E-state index contributed by atoms with van der Waals surface area (Å²) in [5.74, 6) is 7.79. The van der Waals surface area contributed by atoms with Gasteiger partial charge in [0.1, 0.15) is 5.69 Å². The molecule has 0 fully saturated rings. The molecule has 28 heavy (non-hydrogen) atoms. The van der Waals surface area contributed by atoms with Crippen molar-refractivity contribution < 1.29 is 0 Å². The molecule has 138 valence electrons. The fourth-order valence-corrected chi connectivity index (χ4v) is 2.80. The molecule has 0 spiro atoms. The van der Waals surface area contributed by atoms with E-state index in [2.05, 4.69) is 82.3 Å². The number of isothiocyanates is 1. The molecule has 1 unspecified atom stereocenters. The Bertz CT molecular complexity index is 1020. The number of hydrogen-bond acceptors (Lipinski definition) is 4. The van der Waals surface area contributed by atoms with Gasteiger partial charge < -0.3 is 0 Å². The average molecular weight is 384 g/mol. The molecule has 2 aromatic carbocycles. The van der Waals surface area contributed by atoms with Crippen molar-refractivity contribution in [1.29, 1.82) is 0 Å². The normalized spacial score (nSPS) is 11.1. The summed E-state index contributed by atoms with van der Waals surface area (Å²) in [5.41, 5.74) is 4.87. The molecule has 0 amide bonds. The van der Waals surface area contributed by atoms with Crippen molar-refractivity contribution in [1.82, 2.24) is 9.97 Å². The van der Waals surface area contributed by atoms with E-state index >= 15 is 0 Å². The highest BCUT2D eigenvalue weighted by atomic mass is 32.1. The first-order chi connectivity index (χ1) is 13.7. The third kappa shape index (κ3) is 5.44. The zero-order valence-electron chi connectivity index (χ0n) is 16.0. The summed E-state index contributed by atoms with van der Waals surface area (Å²) >= 11 is 4.58. The van der Waals surface area contributed by atoms with Crippen LogP contribution in [0.4, 0.5) is 5.69 Å². The smallest absolute Gasteiger partial charge is 0.159 e. The lowest BCUT2D eigenvalue weighted by atomic mass is 9.98. The molecule has 1 atom stereocenters.